The second-order valence-electron chi connectivity index (χ2n) is 9.40. The van der Waals surface area contributed by atoms with Gasteiger partial charge in [-0.15, -0.1) is 0 Å². The Balaban J connectivity index is 1.15. The fourth-order valence-electron chi connectivity index (χ4n) is 5.17. The molecule has 4 heterocycles. The van der Waals surface area contributed by atoms with Crippen LogP contribution in [0.4, 0.5) is 15.8 Å². The molecule has 2 fully saturated rings. The molecule has 2 aromatic heterocycles. The van der Waals surface area contributed by atoms with Gasteiger partial charge in [0.05, 0.1) is 23.1 Å². The topological polar surface area (TPSA) is 75.2 Å². The number of rotatable bonds is 7. The lowest BCUT2D eigenvalue weighted by Gasteiger charge is -2.17. The molecule has 4 aromatic rings. The molecule has 2 aromatic carbocycles. The van der Waals surface area contributed by atoms with Gasteiger partial charge in [0, 0.05) is 53.6 Å². The van der Waals surface area contributed by atoms with E-state index < -0.39 is 5.82 Å². The molecule has 2 aliphatic rings. The largest absolute Gasteiger partial charge is 0.492 e. The predicted molar refractivity (Wildman–Crippen MR) is 139 cm³/mol. The van der Waals surface area contributed by atoms with Gasteiger partial charge < -0.3 is 15.4 Å². The average Bonchev–Trinajstić information content (AvgIpc) is 3.48. The van der Waals surface area contributed by atoms with Crippen LogP contribution in [-0.2, 0) is 0 Å². The summed E-state index contributed by atoms with van der Waals surface area (Å²) in [6.45, 7) is 6.19. The first kappa shape index (κ1) is 23.1. The SMILES string of the molecule is Fc1ccc(Cl)cc1-c1cc(Nc2ccnc3cc(OCCN4CC5CNCC5C4)ccc23)cnn1. The van der Waals surface area contributed by atoms with Gasteiger partial charge in [0.15, 0.2) is 0 Å². The van der Waals surface area contributed by atoms with Crippen LogP contribution in [0.5, 0.6) is 5.75 Å². The van der Waals surface area contributed by atoms with Gasteiger partial charge in [-0.25, -0.2) is 4.39 Å². The predicted octanol–water partition coefficient (Wildman–Crippen LogP) is 4.76. The van der Waals surface area contributed by atoms with Crippen molar-refractivity contribution in [1.29, 1.82) is 0 Å². The summed E-state index contributed by atoms with van der Waals surface area (Å²) in [5.41, 5.74) is 3.05. The molecule has 2 unspecified atom stereocenters. The van der Waals surface area contributed by atoms with Crippen LogP contribution >= 0.6 is 11.6 Å². The highest BCUT2D eigenvalue weighted by Crippen LogP contribution is 2.30. The number of pyridine rings is 1. The van der Waals surface area contributed by atoms with Crippen molar-refractivity contribution in [3.05, 3.63) is 71.8 Å². The molecule has 0 saturated carbocycles. The fourth-order valence-corrected chi connectivity index (χ4v) is 5.34. The number of nitrogens with one attached hydrogen (secondary N) is 2. The molecule has 2 atom stereocenters. The molecule has 0 radical (unpaired) electrons. The maximum atomic E-state index is 14.3. The number of hydrogen-bond acceptors (Lipinski definition) is 7. The zero-order chi connectivity index (χ0) is 24.5. The number of likely N-dealkylation sites (tertiary alicyclic amines) is 1. The second-order valence-corrected chi connectivity index (χ2v) is 9.84. The second kappa shape index (κ2) is 9.97. The molecule has 9 heteroatoms. The Hall–Kier alpha value is -3.33. The number of aromatic nitrogens is 3. The van der Waals surface area contributed by atoms with Gasteiger partial charge in [-0.3, -0.25) is 9.88 Å². The van der Waals surface area contributed by atoms with Gasteiger partial charge in [0.2, 0.25) is 0 Å². The molecule has 2 N–H and O–H groups in total. The normalized spacial score (nSPS) is 19.5. The van der Waals surface area contributed by atoms with Crippen molar-refractivity contribution in [2.45, 2.75) is 0 Å². The van der Waals surface area contributed by atoms with E-state index in [1.54, 1.807) is 24.5 Å². The van der Waals surface area contributed by atoms with E-state index in [1.807, 2.05) is 24.3 Å². The Morgan fingerprint density at radius 3 is 2.81 bits per heavy atom. The minimum atomic E-state index is -0.405. The molecular weight excluding hydrogens is 479 g/mol. The fraction of sp³-hybridized carbons (Fsp3) is 0.296. The molecule has 6 rings (SSSR count). The molecular formula is C27H26ClFN6O. The van der Waals surface area contributed by atoms with E-state index >= 15 is 0 Å². The third kappa shape index (κ3) is 4.84. The standard InChI is InChI=1S/C27H26ClFN6O/c28-19-1-4-24(29)23(9-19)27-10-20(14-32-34-27)33-25-5-6-31-26-11-21(2-3-22(25)26)36-8-7-35-15-17-12-30-13-18(17)16-35/h1-6,9-11,14,17-18,30H,7-8,12-13,15-16H2,(H,31,33,34). The summed E-state index contributed by atoms with van der Waals surface area (Å²) in [5.74, 6) is 1.98. The zero-order valence-electron chi connectivity index (χ0n) is 19.6. The Bertz CT molecular complexity index is 1390. The monoisotopic (exact) mass is 504 g/mol. The van der Waals surface area contributed by atoms with Gasteiger partial charge >= 0.3 is 0 Å². The van der Waals surface area contributed by atoms with Crippen molar-refractivity contribution in [2.75, 3.05) is 44.6 Å². The number of ether oxygens (including phenoxy) is 1. The first-order valence-corrected chi connectivity index (χ1v) is 12.5. The molecule has 0 bridgehead atoms. The summed E-state index contributed by atoms with van der Waals surface area (Å²) < 4.78 is 20.4. The van der Waals surface area contributed by atoms with Crippen LogP contribution in [0.2, 0.25) is 5.02 Å². The van der Waals surface area contributed by atoms with Gasteiger partial charge in [-0.2, -0.15) is 10.2 Å². The van der Waals surface area contributed by atoms with Crippen LogP contribution in [0, 0.1) is 17.7 Å². The minimum Gasteiger partial charge on any atom is -0.492 e. The Kier molecular flexibility index (Phi) is 6.39. The third-order valence-electron chi connectivity index (χ3n) is 6.99. The maximum absolute atomic E-state index is 14.3. The van der Waals surface area contributed by atoms with Crippen molar-refractivity contribution in [3.8, 4) is 17.0 Å². The highest BCUT2D eigenvalue weighted by Gasteiger charge is 2.35. The van der Waals surface area contributed by atoms with E-state index in [-0.39, 0.29) is 0 Å². The molecule has 2 aliphatic heterocycles. The van der Waals surface area contributed by atoms with Crippen molar-refractivity contribution in [3.63, 3.8) is 0 Å². The number of anilines is 2. The summed E-state index contributed by atoms with van der Waals surface area (Å²) in [5, 5.41) is 16.3. The number of hydrogen-bond donors (Lipinski definition) is 2. The van der Waals surface area contributed by atoms with Gasteiger partial charge in [0.25, 0.3) is 0 Å². The van der Waals surface area contributed by atoms with Crippen LogP contribution in [0.3, 0.4) is 0 Å². The maximum Gasteiger partial charge on any atom is 0.132 e. The summed E-state index contributed by atoms with van der Waals surface area (Å²) >= 11 is 6.05. The highest BCUT2D eigenvalue weighted by molar-refractivity contribution is 6.30. The number of fused-ring (bicyclic) bond motifs is 2. The molecule has 0 amide bonds. The van der Waals surface area contributed by atoms with Crippen molar-refractivity contribution in [2.24, 2.45) is 11.8 Å². The Labute approximate surface area is 213 Å². The Morgan fingerprint density at radius 1 is 1.08 bits per heavy atom. The molecule has 184 valence electrons. The molecule has 2 saturated heterocycles. The van der Waals surface area contributed by atoms with Gasteiger partial charge in [0.1, 0.15) is 18.2 Å². The lowest BCUT2D eigenvalue weighted by atomic mass is 10.0. The van der Waals surface area contributed by atoms with E-state index in [9.17, 15) is 4.39 Å². The minimum absolute atomic E-state index is 0.300. The molecule has 0 spiro atoms. The summed E-state index contributed by atoms with van der Waals surface area (Å²) in [6, 6.07) is 13.9. The highest BCUT2D eigenvalue weighted by atomic mass is 35.5. The van der Waals surface area contributed by atoms with E-state index in [0.29, 0.717) is 28.6 Å². The van der Waals surface area contributed by atoms with Crippen molar-refractivity contribution >= 4 is 33.9 Å². The first-order valence-electron chi connectivity index (χ1n) is 12.1. The van der Waals surface area contributed by atoms with Gasteiger partial charge in [-0.05, 0) is 67.4 Å². The van der Waals surface area contributed by atoms with Crippen LogP contribution in [0.1, 0.15) is 0 Å². The summed E-state index contributed by atoms with van der Waals surface area (Å²) in [7, 11) is 0. The smallest absolute Gasteiger partial charge is 0.132 e. The van der Waals surface area contributed by atoms with Crippen LogP contribution in [0.15, 0.2) is 60.9 Å². The molecule has 36 heavy (non-hydrogen) atoms. The Morgan fingerprint density at radius 2 is 1.94 bits per heavy atom. The van der Waals surface area contributed by atoms with E-state index in [0.717, 1.165) is 66.9 Å². The average molecular weight is 505 g/mol. The number of halogens is 2. The lowest BCUT2D eigenvalue weighted by Crippen LogP contribution is -2.29. The van der Waals surface area contributed by atoms with Crippen LogP contribution in [0.25, 0.3) is 22.2 Å². The van der Waals surface area contributed by atoms with Crippen LogP contribution in [-0.4, -0.2) is 59.4 Å². The van der Waals surface area contributed by atoms with Crippen LogP contribution < -0.4 is 15.4 Å². The van der Waals surface area contributed by atoms with Gasteiger partial charge in [-0.1, -0.05) is 11.6 Å². The van der Waals surface area contributed by atoms with E-state index in [4.69, 9.17) is 16.3 Å². The summed E-state index contributed by atoms with van der Waals surface area (Å²) in [4.78, 5) is 7.03. The lowest BCUT2D eigenvalue weighted by molar-refractivity contribution is 0.228. The third-order valence-corrected chi connectivity index (χ3v) is 7.23. The number of benzene rings is 2. The molecule has 7 nitrogen and oxygen atoms in total. The van der Waals surface area contributed by atoms with Crippen molar-refractivity contribution < 1.29 is 9.13 Å². The quantitative estimate of drug-likeness (QED) is 0.376. The zero-order valence-corrected chi connectivity index (χ0v) is 20.4. The van der Waals surface area contributed by atoms with E-state index in [1.165, 1.54) is 12.1 Å². The van der Waals surface area contributed by atoms with Crippen molar-refractivity contribution in [1.82, 2.24) is 25.4 Å². The molecule has 0 aliphatic carbocycles. The van der Waals surface area contributed by atoms with E-state index in [2.05, 4.69) is 30.7 Å². The summed E-state index contributed by atoms with van der Waals surface area (Å²) in [6.07, 6.45) is 3.34. The number of nitrogens with zero attached hydrogens (tertiary/aromatic N) is 4. The first-order chi connectivity index (χ1) is 17.6.